The molecule has 0 saturated heterocycles. The first kappa shape index (κ1) is 13.5. The quantitative estimate of drug-likeness (QED) is 0.876. The number of aliphatic carboxylic acids is 1. The lowest BCUT2D eigenvalue weighted by molar-refractivity contribution is -0.140. The van der Waals surface area contributed by atoms with E-state index in [1.54, 1.807) is 6.92 Å². The number of rotatable bonds is 4. The first-order valence-electron chi connectivity index (χ1n) is 5.88. The van der Waals surface area contributed by atoms with Crippen molar-refractivity contribution >= 4 is 11.9 Å². The molecule has 0 unspecified atom stereocenters. The molecule has 19 heavy (non-hydrogen) atoms. The summed E-state index contributed by atoms with van der Waals surface area (Å²) in [5.74, 6) is -4.04. The van der Waals surface area contributed by atoms with Gasteiger partial charge in [0.1, 0.15) is 11.6 Å². The van der Waals surface area contributed by atoms with Gasteiger partial charge in [0.05, 0.1) is 17.9 Å². The second kappa shape index (κ2) is 4.95. The molecular weight excluding hydrogens is 256 g/mol. The van der Waals surface area contributed by atoms with Crippen LogP contribution in [0, 0.1) is 23.5 Å². The largest absolute Gasteiger partial charge is 0.481 e. The Morgan fingerprint density at radius 3 is 2.58 bits per heavy atom. The summed E-state index contributed by atoms with van der Waals surface area (Å²) in [5.41, 5.74) is 0.169. The molecule has 0 aromatic heterocycles. The number of carbonyl (C=O) groups is 2. The van der Waals surface area contributed by atoms with Crippen LogP contribution < -0.4 is 5.32 Å². The fraction of sp³-hybridized carbons (Fsp3) is 0.385. The molecule has 1 fully saturated rings. The van der Waals surface area contributed by atoms with E-state index in [0.29, 0.717) is 6.42 Å². The monoisotopic (exact) mass is 269 g/mol. The maximum Gasteiger partial charge on any atom is 0.307 e. The third kappa shape index (κ3) is 2.89. The zero-order chi connectivity index (χ0) is 14.2. The van der Waals surface area contributed by atoms with E-state index >= 15 is 0 Å². The summed E-state index contributed by atoms with van der Waals surface area (Å²) in [6.07, 6.45) is 0.305. The van der Waals surface area contributed by atoms with Gasteiger partial charge in [-0.2, -0.15) is 0 Å². The van der Waals surface area contributed by atoms with Crippen LogP contribution in [0.2, 0.25) is 0 Å². The molecular formula is C13H13F2NO3. The summed E-state index contributed by atoms with van der Waals surface area (Å²) in [7, 11) is 0. The Morgan fingerprint density at radius 2 is 2.05 bits per heavy atom. The highest BCUT2D eigenvalue weighted by Crippen LogP contribution is 2.39. The molecule has 3 atom stereocenters. The Hall–Kier alpha value is -1.98. The summed E-state index contributed by atoms with van der Waals surface area (Å²) in [6.45, 7) is 1.56. The molecule has 2 N–H and O–H groups in total. The lowest BCUT2D eigenvalue weighted by atomic mass is 10.1. The van der Waals surface area contributed by atoms with E-state index in [1.807, 2.05) is 0 Å². The van der Waals surface area contributed by atoms with Gasteiger partial charge in [0.2, 0.25) is 5.91 Å². The Morgan fingerprint density at radius 1 is 1.37 bits per heavy atom. The van der Waals surface area contributed by atoms with Gasteiger partial charge in [-0.15, -0.1) is 0 Å². The summed E-state index contributed by atoms with van der Waals surface area (Å²) >= 11 is 0. The Balaban J connectivity index is 2.00. The highest BCUT2D eigenvalue weighted by atomic mass is 19.1. The maximum atomic E-state index is 13.5. The van der Waals surface area contributed by atoms with Crippen molar-refractivity contribution in [2.45, 2.75) is 19.4 Å². The number of carboxylic acids is 1. The van der Waals surface area contributed by atoms with E-state index in [2.05, 4.69) is 5.32 Å². The summed E-state index contributed by atoms with van der Waals surface area (Å²) in [4.78, 5) is 22.4. The van der Waals surface area contributed by atoms with E-state index in [4.69, 9.17) is 5.11 Å². The molecule has 1 aliphatic rings. The van der Waals surface area contributed by atoms with Crippen LogP contribution in [-0.4, -0.2) is 17.0 Å². The molecule has 1 amide bonds. The van der Waals surface area contributed by atoms with Gasteiger partial charge >= 0.3 is 5.97 Å². The van der Waals surface area contributed by atoms with Crippen LogP contribution in [-0.2, 0) is 9.59 Å². The van der Waals surface area contributed by atoms with Crippen LogP contribution in [0.1, 0.15) is 24.9 Å². The van der Waals surface area contributed by atoms with Crippen molar-refractivity contribution in [3.63, 3.8) is 0 Å². The number of carboxylic acid groups (broad SMARTS) is 1. The highest BCUT2D eigenvalue weighted by Gasteiger charge is 2.48. The van der Waals surface area contributed by atoms with Crippen LogP contribution in [0.4, 0.5) is 8.78 Å². The van der Waals surface area contributed by atoms with Crippen molar-refractivity contribution in [2.75, 3.05) is 0 Å². The number of amides is 1. The van der Waals surface area contributed by atoms with Crippen LogP contribution in [0.3, 0.4) is 0 Å². The minimum absolute atomic E-state index is 0.169. The van der Waals surface area contributed by atoms with Gasteiger partial charge in [0.25, 0.3) is 0 Å². The zero-order valence-electron chi connectivity index (χ0n) is 10.2. The van der Waals surface area contributed by atoms with Gasteiger partial charge in [-0.25, -0.2) is 8.78 Å². The van der Waals surface area contributed by atoms with Crippen LogP contribution in [0.5, 0.6) is 0 Å². The molecule has 0 heterocycles. The molecule has 0 aliphatic heterocycles. The summed E-state index contributed by atoms with van der Waals surface area (Å²) < 4.78 is 26.2. The van der Waals surface area contributed by atoms with Gasteiger partial charge in [-0.3, -0.25) is 9.59 Å². The number of nitrogens with one attached hydrogen (secondary N) is 1. The standard InChI is InChI=1S/C13H13F2NO3/c1-6(8-3-2-7(14)4-11(8)15)16-12(17)9-5-10(9)13(18)19/h2-4,6,9-10H,5H2,1H3,(H,16,17)(H,18,19)/t6-,9+,10+/m0/s1. The van der Waals surface area contributed by atoms with Crippen LogP contribution >= 0.6 is 0 Å². The predicted octanol–water partition coefficient (Wildman–Crippen LogP) is 1.86. The smallest absolute Gasteiger partial charge is 0.307 e. The van der Waals surface area contributed by atoms with E-state index < -0.39 is 41.4 Å². The minimum atomic E-state index is -0.999. The van der Waals surface area contributed by atoms with Gasteiger partial charge in [-0.1, -0.05) is 6.07 Å². The molecule has 4 nitrogen and oxygen atoms in total. The second-order valence-electron chi connectivity index (χ2n) is 4.68. The van der Waals surface area contributed by atoms with Crippen LogP contribution in [0.25, 0.3) is 0 Å². The SMILES string of the molecule is C[C@H](NC(=O)[C@@H]1C[C@H]1C(=O)O)c1ccc(F)cc1F. The average Bonchev–Trinajstić information content (AvgIpc) is 3.08. The maximum absolute atomic E-state index is 13.5. The molecule has 2 rings (SSSR count). The molecule has 0 radical (unpaired) electrons. The van der Waals surface area contributed by atoms with Crippen molar-refractivity contribution < 1.29 is 23.5 Å². The highest BCUT2D eigenvalue weighted by molar-refractivity contribution is 5.89. The molecule has 0 spiro atoms. The van der Waals surface area contributed by atoms with Crippen LogP contribution in [0.15, 0.2) is 18.2 Å². The van der Waals surface area contributed by atoms with Gasteiger partial charge in [0.15, 0.2) is 0 Å². The lowest BCUT2D eigenvalue weighted by Crippen LogP contribution is -2.29. The number of hydrogen-bond acceptors (Lipinski definition) is 2. The molecule has 6 heteroatoms. The fourth-order valence-electron chi connectivity index (χ4n) is 2.01. The Bertz CT molecular complexity index is 533. The van der Waals surface area contributed by atoms with Gasteiger partial charge in [-0.05, 0) is 19.4 Å². The molecule has 1 aromatic carbocycles. The fourth-order valence-corrected chi connectivity index (χ4v) is 2.01. The van der Waals surface area contributed by atoms with E-state index in [-0.39, 0.29) is 5.56 Å². The van der Waals surface area contributed by atoms with Gasteiger partial charge < -0.3 is 10.4 Å². The van der Waals surface area contributed by atoms with E-state index in [0.717, 1.165) is 12.1 Å². The topological polar surface area (TPSA) is 66.4 Å². The normalized spacial score (nSPS) is 22.7. The summed E-state index contributed by atoms with van der Waals surface area (Å²) in [6, 6.07) is 2.48. The van der Waals surface area contributed by atoms with Crippen molar-refractivity contribution in [3.05, 3.63) is 35.4 Å². The summed E-state index contributed by atoms with van der Waals surface area (Å²) in [5, 5.41) is 11.3. The molecule has 1 aromatic rings. The van der Waals surface area contributed by atoms with Crippen molar-refractivity contribution in [1.29, 1.82) is 0 Å². The number of hydrogen-bond donors (Lipinski definition) is 2. The number of halogens is 2. The Kier molecular flexibility index (Phi) is 3.50. The molecule has 1 saturated carbocycles. The number of carbonyl (C=O) groups excluding carboxylic acids is 1. The van der Waals surface area contributed by atoms with E-state index in [1.165, 1.54) is 6.07 Å². The van der Waals surface area contributed by atoms with Gasteiger partial charge in [0, 0.05) is 11.6 Å². The average molecular weight is 269 g/mol. The first-order chi connectivity index (χ1) is 8.90. The molecule has 1 aliphatic carbocycles. The molecule has 0 bridgehead atoms. The van der Waals surface area contributed by atoms with Crippen molar-refractivity contribution in [1.82, 2.24) is 5.32 Å². The van der Waals surface area contributed by atoms with Crippen molar-refractivity contribution in [3.8, 4) is 0 Å². The predicted molar refractivity (Wildman–Crippen MR) is 62.1 cm³/mol. The third-order valence-corrected chi connectivity index (χ3v) is 3.23. The second-order valence-corrected chi connectivity index (χ2v) is 4.68. The lowest BCUT2D eigenvalue weighted by Gasteiger charge is -2.15. The van der Waals surface area contributed by atoms with E-state index in [9.17, 15) is 18.4 Å². The first-order valence-corrected chi connectivity index (χ1v) is 5.88. The number of benzene rings is 1. The minimum Gasteiger partial charge on any atom is -0.481 e. The van der Waals surface area contributed by atoms with Crippen molar-refractivity contribution in [2.24, 2.45) is 11.8 Å². The Labute approximate surface area is 108 Å². The molecule has 102 valence electrons. The zero-order valence-corrected chi connectivity index (χ0v) is 10.2. The third-order valence-electron chi connectivity index (χ3n) is 3.23.